The van der Waals surface area contributed by atoms with Gasteiger partial charge in [0.15, 0.2) is 8.32 Å². The molecule has 0 rings (SSSR count). The molecule has 0 unspecified atom stereocenters. The molecule has 0 aromatic rings. The van der Waals surface area contributed by atoms with Crippen molar-refractivity contribution in [3.63, 3.8) is 0 Å². The number of hydrogen-bond donors (Lipinski definition) is 1. The van der Waals surface area contributed by atoms with E-state index in [0.717, 1.165) is 5.57 Å². The molecular formula is C16H30O3Si. The van der Waals surface area contributed by atoms with Crippen LogP contribution in [0.5, 0.6) is 0 Å². The first kappa shape index (κ1) is 19.1. The Kier molecular flexibility index (Phi) is 6.91. The fraction of sp³-hybridized carbons (Fsp3) is 0.688. The zero-order chi connectivity index (χ0) is 16.1. The van der Waals surface area contributed by atoms with E-state index in [-0.39, 0.29) is 17.1 Å². The van der Waals surface area contributed by atoms with E-state index in [9.17, 15) is 4.79 Å². The normalized spacial score (nSPS) is 17.3. The van der Waals surface area contributed by atoms with Gasteiger partial charge in [-0.15, -0.1) is 0 Å². The zero-order valence-electron chi connectivity index (χ0n) is 14.2. The molecule has 0 aromatic carbocycles. The first-order chi connectivity index (χ1) is 8.92. The van der Waals surface area contributed by atoms with Crippen LogP contribution in [0.3, 0.4) is 0 Å². The van der Waals surface area contributed by atoms with Gasteiger partial charge in [-0.2, -0.15) is 0 Å². The quantitative estimate of drug-likeness (QED) is 0.442. The van der Waals surface area contributed by atoms with Crippen molar-refractivity contribution in [1.82, 2.24) is 0 Å². The van der Waals surface area contributed by atoms with Crippen LogP contribution in [0.25, 0.3) is 0 Å². The van der Waals surface area contributed by atoms with Crippen molar-refractivity contribution in [2.45, 2.75) is 65.8 Å². The minimum atomic E-state index is -1.88. The monoisotopic (exact) mass is 298 g/mol. The van der Waals surface area contributed by atoms with Gasteiger partial charge in [-0.1, -0.05) is 45.4 Å². The maximum absolute atomic E-state index is 10.8. The fourth-order valence-corrected chi connectivity index (χ4v) is 2.92. The summed E-state index contributed by atoms with van der Waals surface area (Å²) in [6.07, 6.45) is 5.21. The summed E-state index contributed by atoms with van der Waals surface area (Å²) in [5.74, 6) is -0.850. The summed E-state index contributed by atoms with van der Waals surface area (Å²) in [7, 11) is -1.88. The molecule has 3 nitrogen and oxygen atoms in total. The van der Waals surface area contributed by atoms with Crippen molar-refractivity contribution in [2.75, 3.05) is 0 Å². The number of carbonyl (C=O) groups is 1. The second-order valence-electron chi connectivity index (χ2n) is 6.88. The molecule has 0 amide bonds. The van der Waals surface area contributed by atoms with Gasteiger partial charge in [0, 0.05) is 12.0 Å². The fourth-order valence-electron chi connectivity index (χ4n) is 1.60. The van der Waals surface area contributed by atoms with Gasteiger partial charge in [0.2, 0.25) is 0 Å². The van der Waals surface area contributed by atoms with Crippen LogP contribution in [0.1, 0.15) is 41.5 Å². The summed E-state index contributed by atoms with van der Waals surface area (Å²) in [5.41, 5.74) is 0.833. The number of carboxylic acid groups (broad SMARTS) is 1. The maximum Gasteiger partial charge on any atom is 0.328 e. The first-order valence-electron chi connectivity index (χ1n) is 7.14. The average molecular weight is 298 g/mol. The Hall–Kier alpha value is -0.873. The van der Waals surface area contributed by atoms with Crippen molar-refractivity contribution < 1.29 is 14.3 Å². The molecule has 0 spiro atoms. The Bertz CT molecular complexity index is 389. The van der Waals surface area contributed by atoms with Gasteiger partial charge in [-0.05, 0) is 32.0 Å². The van der Waals surface area contributed by atoms with Crippen LogP contribution in [0.4, 0.5) is 0 Å². The molecule has 0 heterocycles. The van der Waals surface area contributed by atoms with Gasteiger partial charge < -0.3 is 9.53 Å². The van der Waals surface area contributed by atoms with Gasteiger partial charge in [0.25, 0.3) is 0 Å². The Morgan fingerprint density at radius 1 is 1.30 bits per heavy atom. The highest BCUT2D eigenvalue weighted by Gasteiger charge is 2.39. The standard InChI is InChI=1S/C16H30O3Si/c1-9-10-14(13(3)12(2)11-15(17)18)19-20(7,8)16(4,5)6/h9-11,13-14H,1-8H3,(H,17,18)/b10-9+,12-11+/t13-,14+/m1/s1. The van der Waals surface area contributed by atoms with Crippen LogP contribution in [0.15, 0.2) is 23.8 Å². The molecule has 0 fully saturated rings. The molecule has 0 aliphatic heterocycles. The third-order valence-corrected chi connectivity index (χ3v) is 8.65. The van der Waals surface area contributed by atoms with Gasteiger partial charge in [0.05, 0.1) is 6.10 Å². The molecule has 116 valence electrons. The molecule has 2 atom stereocenters. The number of allylic oxidation sites excluding steroid dienone is 1. The van der Waals surface area contributed by atoms with E-state index in [4.69, 9.17) is 9.53 Å². The van der Waals surface area contributed by atoms with Gasteiger partial charge in [-0.25, -0.2) is 4.79 Å². The Morgan fingerprint density at radius 2 is 1.80 bits per heavy atom. The molecule has 20 heavy (non-hydrogen) atoms. The molecule has 4 heteroatoms. The third-order valence-electron chi connectivity index (χ3n) is 4.18. The highest BCUT2D eigenvalue weighted by Crippen LogP contribution is 2.38. The summed E-state index contributed by atoms with van der Waals surface area (Å²) in [6, 6.07) is 0. The van der Waals surface area contributed by atoms with Crippen LogP contribution >= 0.6 is 0 Å². The molecule has 1 N–H and O–H groups in total. The highest BCUT2D eigenvalue weighted by atomic mass is 28.4. The van der Waals surface area contributed by atoms with Crippen molar-refractivity contribution in [2.24, 2.45) is 5.92 Å². The van der Waals surface area contributed by atoms with Gasteiger partial charge in [-0.3, -0.25) is 0 Å². The smallest absolute Gasteiger partial charge is 0.328 e. The minimum absolute atomic E-state index is 0.0522. The second kappa shape index (κ2) is 7.23. The lowest BCUT2D eigenvalue weighted by molar-refractivity contribution is -0.131. The predicted octanol–water partition coefficient (Wildman–Crippen LogP) is 4.62. The summed E-state index contributed by atoms with van der Waals surface area (Å²) in [6.45, 7) is 16.9. The van der Waals surface area contributed by atoms with Crippen LogP contribution in [-0.4, -0.2) is 25.5 Å². The van der Waals surface area contributed by atoms with E-state index >= 15 is 0 Å². The third kappa shape index (κ3) is 5.63. The van der Waals surface area contributed by atoms with Crippen molar-refractivity contribution in [1.29, 1.82) is 0 Å². The van der Waals surface area contributed by atoms with E-state index in [1.807, 2.05) is 32.9 Å². The van der Waals surface area contributed by atoms with E-state index in [1.165, 1.54) is 6.08 Å². The Labute approximate surface area is 124 Å². The van der Waals surface area contributed by atoms with Crippen LogP contribution < -0.4 is 0 Å². The number of aliphatic carboxylic acids is 1. The largest absolute Gasteiger partial charge is 0.478 e. The SMILES string of the molecule is C/C=C/[C@H](O[Si](C)(C)C(C)(C)C)[C@H](C)/C(C)=C/C(=O)O. The second-order valence-corrected chi connectivity index (χ2v) is 11.6. The molecular weight excluding hydrogens is 268 g/mol. The predicted molar refractivity (Wildman–Crippen MR) is 87.4 cm³/mol. The van der Waals surface area contributed by atoms with Gasteiger partial charge >= 0.3 is 5.97 Å². The highest BCUT2D eigenvalue weighted by molar-refractivity contribution is 6.74. The molecule has 0 aliphatic rings. The van der Waals surface area contributed by atoms with Gasteiger partial charge in [0.1, 0.15) is 0 Å². The summed E-state index contributed by atoms with van der Waals surface area (Å²) < 4.78 is 6.43. The Morgan fingerprint density at radius 3 is 2.15 bits per heavy atom. The minimum Gasteiger partial charge on any atom is -0.478 e. The van der Waals surface area contributed by atoms with E-state index in [0.29, 0.717) is 0 Å². The lowest BCUT2D eigenvalue weighted by Crippen LogP contribution is -2.45. The van der Waals surface area contributed by atoms with Crippen molar-refractivity contribution in [3.05, 3.63) is 23.8 Å². The molecule has 0 aromatic heterocycles. The summed E-state index contributed by atoms with van der Waals surface area (Å²) >= 11 is 0. The van der Waals surface area contributed by atoms with E-state index in [1.54, 1.807) is 0 Å². The maximum atomic E-state index is 10.8. The molecule has 0 bridgehead atoms. The zero-order valence-corrected chi connectivity index (χ0v) is 15.2. The molecule has 0 saturated heterocycles. The average Bonchev–Trinajstić information content (AvgIpc) is 2.24. The Balaban J connectivity index is 5.23. The first-order valence-corrected chi connectivity index (χ1v) is 10.0. The topological polar surface area (TPSA) is 46.5 Å². The van der Waals surface area contributed by atoms with E-state index < -0.39 is 14.3 Å². The summed E-state index contributed by atoms with van der Waals surface area (Å²) in [4.78, 5) is 10.8. The molecule has 0 aliphatic carbocycles. The lowest BCUT2D eigenvalue weighted by atomic mass is 9.96. The number of hydrogen-bond acceptors (Lipinski definition) is 2. The van der Waals surface area contributed by atoms with Crippen LogP contribution in [-0.2, 0) is 9.22 Å². The lowest BCUT2D eigenvalue weighted by Gasteiger charge is -2.40. The van der Waals surface area contributed by atoms with Crippen molar-refractivity contribution in [3.8, 4) is 0 Å². The number of rotatable bonds is 6. The van der Waals surface area contributed by atoms with Crippen molar-refractivity contribution >= 4 is 14.3 Å². The van der Waals surface area contributed by atoms with Crippen LogP contribution in [0.2, 0.25) is 18.1 Å². The number of carboxylic acids is 1. The molecule has 0 radical (unpaired) electrons. The summed E-state index contributed by atoms with van der Waals surface area (Å²) in [5, 5.41) is 9.02. The van der Waals surface area contributed by atoms with Crippen LogP contribution in [0, 0.1) is 5.92 Å². The van der Waals surface area contributed by atoms with E-state index in [2.05, 4.69) is 33.9 Å². The molecule has 0 saturated carbocycles.